The number of rotatable bonds is 4. The Balaban J connectivity index is 2.56. The number of thiazole rings is 1. The molecule has 1 unspecified atom stereocenters. The SMILES string of the molecule is CCCNC(=O)C(Cl)c1ncc(Cl)s1. The fourth-order valence-electron chi connectivity index (χ4n) is 0.834. The van der Waals surface area contributed by atoms with Crippen LogP contribution in [0.25, 0.3) is 0 Å². The molecule has 0 fully saturated rings. The molecule has 0 aliphatic heterocycles. The molecule has 0 saturated heterocycles. The minimum Gasteiger partial charge on any atom is -0.354 e. The van der Waals surface area contributed by atoms with Crippen LogP contribution >= 0.6 is 34.5 Å². The molecule has 1 atom stereocenters. The van der Waals surface area contributed by atoms with Crippen molar-refractivity contribution >= 4 is 40.4 Å². The van der Waals surface area contributed by atoms with E-state index in [2.05, 4.69) is 10.3 Å². The zero-order valence-electron chi connectivity index (χ0n) is 7.59. The van der Waals surface area contributed by atoms with Gasteiger partial charge in [-0.05, 0) is 6.42 Å². The molecule has 0 spiro atoms. The summed E-state index contributed by atoms with van der Waals surface area (Å²) in [5.41, 5.74) is 0. The summed E-state index contributed by atoms with van der Waals surface area (Å²) in [7, 11) is 0. The van der Waals surface area contributed by atoms with Gasteiger partial charge in [0.2, 0.25) is 5.91 Å². The number of alkyl halides is 1. The van der Waals surface area contributed by atoms with Gasteiger partial charge in [-0.1, -0.05) is 18.5 Å². The number of aromatic nitrogens is 1. The number of nitrogens with one attached hydrogen (secondary N) is 1. The smallest absolute Gasteiger partial charge is 0.245 e. The van der Waals surface area contributed by atoms with Gasteiger partial charge in [0.05, 0.1) is 6.20 Å². The van der Waals surface area contributed by atoms with E-state index in [9.17, 15) is 4.79 Å². The molecule has 0 aliphatic rings. The lowest BCUT2D eigenvalue weighted by Gasteiger charge is -2.06. The minimum absolute atomic E-state index is 0.223. The van der Waals surface area contributed by atoms with E-state index in [1.165, 1.54) is 17.5 Å². The summed E-state index contributed by atoms with van der Waals surface area (Å²) in [6.07, 6.45) is 2.37. The van der Waals surface area contributed by atoms with Gasteiger partial charge in [0, 0.05) is 6.54 Å². The molecule has 0 aromatic carbocycles. The third-order valence-electron chi connectivity index (χ3n) is 1.49. The maximum absolute atomic E-state index is 11.4. The molecule has 0 bridgehead atoms. The molecular weight excluding hydrogens is 243 g/mol. The predicted molar refractivity (Wildman–Crippen MR) is 59.0 cm³/mol. The van der Waals surface area contributed by atoms with Crippen molar-refractivity contribution in [2.24, 2.45) is 0 Å². The van der Waals surface area contributed by atoms with E-state index < -0.39 is 5.38 Å². The Bertz CT molecular complexity index is 316. The van der Waals surface area contributed by atoms with Crippen molar-refractivity contribution in [2.45, 2.75) is 18.7 Å². The number of halogens is 2. The Kier molecular flexibility index (Phi) is 4.65. The van der Waals surface area contributed by atoms with E-state index in [-0.39, 0.29) is 5.91 Å². The minimum atomic E-state index is -0.737. The Labute approximate surface area is 96.4 Å². The van der Waals surface area contributed by atoms with E-state index in [1.54, 1.807) is 0 Å². The van der Waals surface area contributed by atoms with Gasteiger partial charge in [-0.25, -0.2) is 4.98 Å². The van der Waals surface area contributed by atoms with E-state index in [4.69, 9.17) is 23.2 Å². The molecule has 78 valence electrons. The summed E-state index contributed by atoms with van der Waals surface area (Å²) in [5.74, 6) is -0.223. The normalized spacial score (nSPS) is 12.5. The van der Waals surface area contributed by atoms with E-state index in [0.29, 0.717) is 15.9 Å². The number of carbonyl (C=O) groups excluding carboxylic acids is 1. The van der Waals surface area contributed by atoms with Gasteiger partial charge in [-0.15, -0.1) is 22.9 Å². The van der Waals surface area contributed by atoms with Gasteiger partial charge in [0.25, 0.3) is 0 Å². The molecule has 14 heavy (non-hydrogen) atoms. The third kappa shape index (κ3) is 3.12. The zero-order valence-corrected chi connectivity index (χ0v) is 9.92. The molecule has 1 amide bonds. The predicted octanol–water partition coefficient (Wildman–Crippen LogP) is 2.60. The quantitative estimate of drug-likeness (QED) is 0.838. The number of hydrogen-bond donors (Lipinski definition) is 1. The largest absolute Gasteiger partial charge is 0.354 e. The van der Waals surface area contributed by atoms with Crippen molar-refractivity contribution in [1.29, 1.82) is 0 Å². The van der Waals surface area contributed by atoms with Crippen molar-refractivity contribution < 1.29 is 4.79 Å². The van der Waals surface area contributed by atoms with Crippen molar-refractivity contribution in [3.05, 3.63) is 15.5 Å². The van der Waals surface area contributed by atoms with Crippen LogP contribution in [0.2, 0.25) is 4.34 Å². The highest BCUT2D eigenvalue weighted by atomic mass is 35.5. The summed E-state index contributed by atoms with van der Waals surface area (Å²) >= 11 is 12.8. The van der Waals surface area contributed by atoms with Crippen LogP contribution in [-0.4, -0.2) is 17.4 Å². The van der Waals surface area contributed by atoms with Gasteiger partial charge in [-0.2, -0.15) is 0 Å². The Morgan fingerprint density at radius 1 is 1.79 bits per heavy atom. The van der Waals surface area contributed by atoms with Crippen LogP contribution in [0.4, 0.5) is 0 Å². The molecule has 1 heterocycles. The second-order valence-electron chi connectivity index (χ2n) is 2.66. The topological polar surface area (TPSA) is 42.0 Å². The van der Waals surface area contributed by atoms with Gasteiger partial charge in [0.1, 0.15) is 9.34 Å². The van der Waals surface area contributed by atoms with Gasteiger partial charge in [0.15, 0.2) is 5.38 Å². The van der Waals surface area contributed by atoms with Gasteiger partial charge in [-0.3, -0.25) is 4.79 Å². The van der Waals surface area contributed by atoms with Gasteiger partial charge < -0.3 is 5.32 Å². The molecule has 1 aromatic heterocycles. The molecule has 1 aromatic rings. The van der Waals surface area contributed by atoms with Crippen molar-refractivity contribution in [2.75, 3.05) is 6.54 Å². The Morgan fingerprint density at radius 3 is 3.00 bits per heavy atom. The summed E-state index contributed by atoms with van der Waals surface area (Å²) in [4.78, 5) is 15.3. The highest BCUT2D eigenvalue weighted by Crippen LogP contribution is 2.27. The van der Waals surface area contributed by atoms with Gasteiger partial charge >= 0.3 is 0 Å². The molecule has 6 heteroatoms. The molecule has 0 saturated carbocycles. The zero-order chi connectivity index (χ0) is 10.6. The highest BCUT2D eigenvalue weighted by Gasteiger charge is 2.20. The first-order valence-electron chi connectivity index (χ1n) is 4.18. The van der Waals surface area contributed by atoms with Crippen molar-refractivity contribution in [1.82, 2.24) is 10.3 Å². The highest BCUT2D eigenvalue weighted by molar-refractivity contribution is 7.16. The third-order valence-corrected chi connectivity index (χ3v) is 3.21. The summed E-state index contributed by atoms with van der Waals surface area (Å²) < 4.78 is 0.536. The first-order valence-corrected chi connectivity index (χ1v) is 5.81. The van der Waals surface area contributed by atoms with Crippen LogP contribution in [0.3, 0.4) is 0 Å². The second-order valence-corrected chi connectivity index (χ2v) is 4.79. The van der Waals surface area contributed by atoms with Crippen LogP contribution in [0.15, 0.2) is 6.20 Å². The van der Waals surface area contributed by atoms with E-state index in [0.717, 1.165) is 6.42 Å². The molecular formula is C8H10Cl2N2OS. The summed E-state index contributed by atoms with van der Waals surface area (Å²) in [5, 5.41) is 2.49. The van der Waals surface area contributed by atoms with Crippen LogP contribution in [0, 0.1) is 0 Å². The van der Waals surface area contributed by atoms with E-state index >= 15 is 0 Å². The molecule has 0 aliphatic carbocycles. The van der Waals surface area contributed by atoms with Crippen LogP contribution in [0.5, 0.6) is 0 Å². The standard InChI is InChI=1S/C8H10Cl2N2OS/c1-2-3-11-7(13)6(10)8-12-4-5(9)14-8/h4,6H,2-3H2,1H3,(H,11,13). The maximum Gasteiger partial charge on any atom is 0.245 e. The molecule has 1 N–H and O–H groups in total. The Morgan fingerprint density at radius 2 is 2.50 bits per heavy atom. The summed E-state index contributed by atoms with van der Waals surface area (Å²) in [6, 6.07) is 0. The first-order chi connectivity index (χ1) is 6.65. The fraction of sp³-hybridized carbons (Fsp3) is 0.500. The fourth-order valence-corrected chi connectivity index (χ4v) is 2.01. The van der Waals surface area contributed by atoms with Crippen LogP contribution < -0.4 is 5.32 Å². The molecule has 0 radical (unpaired) electrons. The van der Waals surface area contributed by atoms with Crippen molar-refractivity contribution in [3.8, 4) is 0 Å². The van der Waals surface area contributed by atoms with E-state index in [1.807, 2.05) is 6.92 Å². The lowest BCUT2D eigenvalue weighted by molar-refractivity contribution is -0.120. The second kappa shape index (κ2) is 5.53. The van der Waals surface area contributed by atoms with Crippen LogP contribution in [-0.2, 0) is 4.79 Å². The Hall–Kier alpha value is -0.320. The number of carbonyl (C=O) groups is 1. The van der Waals surface area contributed by atoms with Crippen molar-refractivity contribution in [3.63, 3.8) is 0 Å². The lowest BCUT2D eigenvalue weighted by Crippen LogP contribution is -2.27. The average Bonchev–Trinajstić information content (AvgIpc) is 2.60. The number of hydrogen-bond acceptors (Lipinski definition) is 3. The number of amides is 1. The maximum atomic E-state index is 11.4. The van der Waals surface area contributed by atoms with Crippen LogP contribution in [0.1, 0.15) is 23.7 Å². The molecule has 1 rings (SSSR count). The molecule has 3 nitrogen and oxygen atoms in total. The first kappa shape index (κ1) is 11.8. The number of nitrogens with zero attached hydrogens (tertiary/aromatic N) is 1. The average molecular weight is 253 g/mol. The lowest BCUT2D eigenvalue weighted by atomic mass is 10.4. The summed E-state index contributed by atoms with van der Waals surface area (Å²) in [6.45, 7) is 2.60. The monoisotopic (exact) mass is 252 g/mol.